The van der Waals surface area contributed by atoms with Crippen LogP contribution < -0.4 is 0 Å². The number of hydrogen-bond donors (Lipinski definition) is 0. The number of fused-ring (bicyclic) bond motifs is 10. The number of nitrogens with zero attached hydrogens (tertiary/aromatic N) is 4. The second kappa shape index (κ2) is 13.6. The highest BCUT2D eigenvalue weighted by atomic mass is 32.1. The van der Waals surface area contributed by atoms with Crippen LogP contribution in [-0.4, -0.2) is 19.5 Å². The Bertz CT molecular complexity index is 3840. The highest BCUT2D eigenvalue weighted by Crippen LogP contribution is 2.44. The fraction of sp³-hybridized carbons (Fsp3) is 0.0364. The molecule has 0 radical (unpaired) electrons. The molecule has 4 heterocycles. The van der Waals surface area contributed by atoms with Crippen molar-refractivity contribution in [1.82, 2.24) is 19.5 Å². The van der Waals surface area contributed by atoms with Crippen molar-refractivity contribution in [3.05, 3.63) is 188 Å². The molecular weight excluding hydrogens is 781 g/mol. The number of thiophene rings is 2. The van der Waals surface area contributed by atoms with Crippen LogP contribution in [0.5, 0.6) is 0 Å². The summed E-state index contributed by atoms with van der Waals surface area (Å²) in [5.41, 5.74) is 8.72. The van der Waals surface area contributed by atoms with Crippen molar-refractivity contribution in [3.63, 3.8) is 0 Å². The van der Waals surface area contributed by atoms with Gasteiger partial charge in [-0.3, -0.25) is 0 Å². The Morgan fingerprint density at radius 1 is 0.426 bits per heavy atom. The lowest BCUT2D eigenvalue weighted by Crippen LogP contribution is -2.04. The summed E-state index contributed by atoms with van der Waals surface area (Å²) in [7, 11) is 0. The van der Waals surface area contributed by atoms with E-state index in [0.717, 1.165) is 46.3 Å². The maximum Gasteiger partial charge on any atom is 0.166 e. The summed E-state index contributed by atoms with van der Waals surface area (Å²) >= 11 is 3.64. The SMILES string of the molecule is C1=CCCC(c2cccc(-c3nc(-c4ccc5sc6ccccc6c5c4)nc(-c4cc5sc6ccccc6c5cc4-n4c5ccccc5c5cc6ccccc6cc54)n3)c2)=C1. The zero-order valence-corrected chi connectivity index (χ0v) is 34.5. The van der Waals surface area contributed by atoms with Crippen molar-refractivity contribution >= 4 is 101 Å². The van der Waals surface area contributed by atoms with E-state index in [9.17, 15) is 0 Å². The zero-order valence-electron chi connectivity index (χ0n) is 32.8. The molecule has 13 rings (SSSR count). The third-order valence-corrected chi connectivity index (χ3v) is 14.6. The first-order valence-corrected chi connectivity index (χ1v) is 22.4. The highest BCUT2D eigenvalue weighted by molar-refractivity contribution is 7.26. The Morgan fingerprint density at radius 2 is 1.07 bits per heavy atom. The second-order valence-corrected chi connectivity index (χ2v) is 18.1. The van der Waals surface area contributed by atoms with E-state index in [4.69, 9.17) is 15.0 Å². The third-order valence-electron chi connectivity index (χ3n) is 12.3. The van der Waals surface area contributed by atoms with Gasteiger partial charge in [0.1, 0.15) is 0 Å². The van der Waals surface area contributed by atoms with E-state index in [1.54, 1.807) is 0 Å². The molecule has 0 saturated carbocycles. The molecule has 12 aromatic rings. The van der Waals surface area contributed by atoms with Crippen molar-refractivity contribution in [2.75, 3.05) is 0 Å². The van der Waals surface area contributed by atoms with Crippen molar-refractivity contribution < 1.29 is 0 Å². The molecule has 6 heteroatoms. The van der Waals surface area contributed by atoms with Crippen LogP contribution in [0.3, 0.4) is 0 Å². The van der Waals surface area contributed by atoms with E-state index in [0.29, 0.717) is 17.5 Å². The first-order chi connectivity index (χ1) is 30.2. The lowest BCUT2D eigenvalue weighted by Gasteiger charge is -2.16. The van der Waals surface area contributed by atoms with Crippen LogP contribution in [0.2, 0.25) is 0 Å². The summed E-state index contributed by atoms with van der Waals surface area (Å²) in [6.45, 7) is 0. The average molecular weight is 815 g/mol. The van der Waals surface area contributed by atoms with Gasteiger partial charge >= 0.3 is 0 Å². The lowest BCUT2D eigenvalue weighted by molar-refractivity contribution is 1.05. The maximum atomic E-state index is 5.48. The average Bonchev–Trinajstić information content (AvgIpc) is 3.99. The van der Waals surface area contributed by atoms with Gasteiger partial charge in [0.15, 0.2) is 17.5 Å². The first kappa shape index (κ1) is 34.6. The summed E-state index contributed by atoms with van der Waals surface area (Å²) in [5, 5.41) is 9.78. The summed E-state index contributed by atoms with van der Waals surface area (Å²) in [5.74, 6) is 1.94. The molecule has 0 saturated heterocycles. The maximum absolute atomic E-state index is 5.48. The van der Waals surface area contributed by atoms with Gasteiger partial charge < -0.3 is 4.57 Å². The summed E-state index contributed by atoms with van der Waals surface area (Å²) in [6, 6.07) is 59.6. The zero-order chi connectivity index (χ0) is 40.0. The fourth-order valence-corrected chi connectivity index (χ4v) is 11.6. The van der Waals surface area contributed by atoms with E-state index in [2.05, 4.69) is 187 Å². The van der Waals surface area contributed by atoms with Crippen LogP contribution in [0.25, 0.3) is 118 Å². The molecule has 0 bridgehead atoms. The second-order valence-electron chi connectivity index (χ2n) is 15.9. The quantitative estimate of drug-likeness (QED) is 0.174. The minimum Gasteiger partial charge on any atom is -0.308 e. The Morgan fingerprint density at radius 3 is 1.85 bits per heavy atom. The molecule has 1 aliphatic rings. The molecule has 0 fully saturated rings. The molecule has 0 unspecified atom stereocenters. The van der Waals surface area contributed by atoms with Gasteiger partial charge in [0, 0.05) is 67.8 Å². The van der Waals surface area contributed by atoms with Gasteiger partial charge in [-0.15, -0.1) is 22.7 Å². The molecule has 4 aromatic heterocycles. The molecule has 61 heavy (non-hydrogen) atoms. The molecule has 0 amide bonds. The molecule has 0 atom stereocenters. The van der Waals surface area contributed by atoms with Crippen molar-refractivity contribution in [2.45, 2.75) is 12.8 Å². The number of para-hydroxylation sites is 1. The molecule has 0 N–H and O–H groups in total. The standard InChI is InChI=1S/C55H34N4S2/c1-2-13-33(14-3-1)34-17-12-18-37(27-34)53-56-54(38-25-26-51-43(29-38)40-20-7-10-23-49(40)60-51)58-55(57-53)45-32-52-44(41-21-8-11-24-50(41)61-52)31-48(45)59-46-22-9-6-19-39(46)42-28-35-15-4-5-16-36(35)30-47(42)59/h1-2,4-13,15-32H,3,14H2. The smallest absolute Gasteiger partial charge is 0.166 e. The van der Waals surface area contributed by atoms with Gasteiger partial charge in [0.25, 0.3) is 0 Å². The van der Waals surface area contributed by atoms with Gasteiger partial charge in [-0.25, -0.2) is 15.0 Å². The van der Waals surface area contributed by atoms with Gasteiger partial charge in [-0.2, -0.15) is 0 Å². The molecule has 0 aliphatic heterocycles. The normalized spacial score (nSPS) is 13.1. The van der Waals surface area contributed by atoms with Crippen molar-refractivity contribution in [2.24, 2.45) is 0 Å². The van der Waals surface area contributed by atoms with Crippen LogP contribution in [0, 0.1) is 0 Å². The van der Waals surface area contributed by atoms with Crippen LogP contribution in [0.1, 0.15) is 18.4 Å². The molecule has 0 spiro atoms. The molecular formula is C55H34N4S2. The summed E-state index contributed by atoms with van der Waals surface area (Å²) in [4.78, 5) is 16.3. The van der Waals surface area contributed by atoms with E-state index in [-0.39, 0.29) is 0 Å². The highest BCUT2D eigenvalue weighted by Gasteiger charge is 2.23. The van der Waals surface area contributed by atoms with Crippen LogP contribution in [0.15, 0.2) is 182 Å². The van der Waals surface area contributed by atoms with Gasteiger partial charge in [-0.05, 0) is 101 Å². The van der Waals surface area contributed by atoms with E-state index >= 15 is 0 Å². The predicted molar refractivity (Wildman–Crippen MR) is 260 cm³/mol. The summed E-state index contributed by atoms with van der Waals surface area (Å²) < 4.78 is 7.41. The van der Waals surface area contributed by atoms with Crippen LogP contribution in [0.4, 0.5) is 0 Å². The number of hydrogen-bond acceptors (Lipinski definition) is 5. The van der Waals surface area contributed by atoms with Gasteiger partial charge in [0.2, 0.25) is 0 Å². The Balaban J connectivity index is 1.12. The lowest BCUT2D eigenvalue weighted by atomic mass is 9.96. The summed E-state index contributed by atoms with van der Waals surface area (Å²) in [6.07, 6.45) is 8.68. The monoisotopic (exact) mass is 814 g/mol. The Kier molecular flexibility index (Phi) is 7.74. The first-order valence-electron chi connectivity index (χ1n) is 20.7. The topological polar surface area (TPSA) is 43.6 Å². The van der Waals surface area contributed by atoms with E-state index in [1.165, 1.54) is 73.0 Å². The Hall–Kier alpha value is -7.25. The molecule has 4 nitrogen and oxygen atoms in total. The van der Waals surface area contributed by atoms with E-state index < -0.39 is 0 Å². The fourth-order valence-electron chi connectivity index (χ4n) is 9.36. The minimum absolute atomic E-state index is 0.640. The minimum atomic E-state index is 0.640. The van der Waals surface area contributed by atoms with Crippen LogP contribution >= 0.6 is 22.7 Å². The largest absolute Gasteiger partial charge is 0.308 e. The number of allylic oxidation sites excluding steroid dienone is 4. The van der Waals surface area contributed by atoms with Crippen LogP contribution in [-0.2, 0) is 0 Å². The molecule has 1 aliphatic carbocycles. The number of benzene rings is 8. The third kappa shape index (κ3) is 5.60. The Labute approximate surface area is 359 Å². The van der Waals surface area contributed by atoms with Gasteiger partial charge in [0.05, 0.1) is 16.7 Å². The van der Waals surface area contributed by atoms with Crippen molar-refractivity contribution in [1.29, 1.82) is 0 Å². The predicted octanol–water partition coefficient (Wildman–Crippen LogP) is 15.6. The molecule has 8 aromatic carbocycles. The van der Waals surface area contributed by atoms with Gasteiger partial charge in [-0.1, -0.05) is 115 Å². The number of rotatable bonds is 5. The van der Waals surface area contributed by atoms with E-state index in [1.807, 2.05) is 22.7 Å². The number of aromatic nitrogens is 4. The van der Waals surface area contributed by atoms with Crippen molar-refractivity contribution in [3.8, 4) is 39.9 Å². The molecule has 286 valence electrons.